The maximum atomic E-state index is 4.52. The molecule has 4 heterocycles. The van der Waals surface area contributed by atoms with Crippen molar-refractivity contribution in [2.45, 2.75) is 5.92 Å². The second kappa shape index (κ2) is 7.08. The summed E-state index contributed by atoms with van der Waals surface area (Å²) < 4.78 is 0. The zero-order chi connectivity index (χ0) is 18.8. The van der Waals surface area contributed by atoms with Crippen LogP contribution in [0.3, 0.4) is 0 Å². The third-order valence-corrected chi connectivity index (χ3v) is 5.08. The molecule has 0 unspecified atom stereocenters. The molecule has 0 radical (unpaired) electrons. The molecule has 0 spiro atoms. The minimum Gasteiger partial charge on any atom is -0.364 e. The van der Waals surface area contributed by atoms with Gasteiger partial charge >= 0.3 is 0 Å². The lowest BCUT2D eigenvalue weighted by Crippen LogP contribution is -2.04. The largest absolute Gasteiger partial charge is 0.364 e. The molecule has 28 heavy (non-hydrogen) atoms. The molecule has 5 rings (SSSR count). The number of hydrogen-bond acceptors (Lipinski definition) is 1. The number of aromatic nitrogens is 3. The summed E-state index contributed by atoms with van der Waals surface area (Å²) in [6.45, 7) is 0. The minimum absolute atomic E-state index is 0.144. The highest BCUT2D eigenvalue weighted by Crippen LogP contribution is 2.33. The van der Waals surface area contributed by atoms with Gasteiger partial charge in [0.2, 0.25) is 0 Å². The van der Waals surface area contributed by atoms with Crippen molar-refractivity contribution in [3.05, 3.63) is 125 Å². The first-order valence-electron chi connectivity index (χ1n) is 9.36. The Hall–Kier alpha value is -3.79. The van der Waals surface area contributed by atoms with Crippen molar-refractivity contribution < 1.29 is 0 Å². The highest BCUT2D eigenvalue weighted by atomic mass is 14.8. The number of aliphatic imine (C=N–C) groups is 1. The van der Waals surface area contributed by atoms with E-state index in [1.807, 2.05) is 55.2 Å². The van der Waals surface area contributed by atoms with Crippen LogP contribution in [0.1, 0.15) is 34.1 Å². The molecule has 1 aliphatic rings. The molecule has 0 saturated carbocycles. The van der Waals surface area contributed by atoms with E-state index >= 15 is 0 Å². The zero-order valence-corrected chi connectivity index (χ0v) is 15.3. The van der Waals surface area contributed by atoms with Gasteiger partial charge < -0.3 is 15.0 Å². The number of nitrogens with zero attached hydrogens (tertiary/aromatic N) is 1. The Bertz CT molecular complexity index is 1080. The van der Waals surface area contributed by atoms with E-state index in [4.69, 9.17) is 0 Å². The van der Waals surface area contributed by atoms with Gasteiger partial charge in [-0.2, -0.15) is 0 Å². The Labute approximate surface area is 163 Å². The van der Waals surface area contributed by atoms with Crippen molar-refractivity contribution in [3.63, 3.8) is 0 Å². The van der Waals surface area contributed by atoms with Crippen molar-refractivity contribution in [1.82, 2.24) is 15.0 Å². The Morgan fingerprint density at radius 2 is 1.43 bits per heavy atom. The molecule has 0 amide bonds. The molecule has 0 saturated heterocycles. The van der Waals surface area contributed by atoms with Crippen molar-refractivity contribution in [3.8, 4) is 0 Å². The van der Waals surface area contributed by atoms with Gasteiger partial charge in [-0.15, -0.1) is 0 Å². The van der Waals surface area contributed by atoms with Gasteiger partial charge in [0.15, 0.2) is 0 Å². The number of hydrogen-bond donors (Lipinski definition) is 3. The quantitative estimate of drug-likeness (QED) is 0.433. The molecule has 0 fully saturated rings. The fraction of sp³-hybridized carbons (Fsp3) is 0.0417. The molecule has 3 aromatic heterocycles. The molecule has 0 atom stereocenters. The van der Waals surface area contributed by atoms with E-state index in [0.29, 0.717) is 0 Å². The molecule has 136 valence electrons. The van der Waals surface area contributed by atoms with Crippen LogP contribution in [0.5, 0.6) is 0 Å². The first kappa shape index (κ1) is 16.4. The summed E-state index contributed by atoms with van der Waals surface area (Å²) >= 11 is 0. The van der Waals surface area contributed by atoms with E-state index in [1.165, 1.54) is 17.0 Å². The van der Waals surface area contributed by atoms with Crippen molar-refractivity contribution >= 4 is 11.8 Å². The summed E-state index contributed by atoms with van der Waals surface area (Å²) in [6, 6.07) is 21.2. The molecular weight excluding hydrogens is 344 g/mol. The molecule has 1 aliphatic heterocycles. The van der Waals surface area contributed by atoms with Crippen LogP contribution in [0.2, 0.25) is 0 Å². The average Bonchev–Trinajstić information content (AvgIpc) is 3.52. The van der Waals surface area contributed by atoms with Crippen molar-refractivity contribution in [2.75, 3.05) is 0 Å². The smallest absolute Gasteiger partial charge is 0.0729 e. The van der Waals surface area contributed by atoms with Crippen LogP contribution in [-0.4, -0.2) is 21.2 Å². The fourth-order valence-corrected chi connectivity index (χ4v) is 3.79. The molecular formula is C24H20N4. The van der Waals surface area contributed by atoms with Gasteiger partial charge in [0.25, 0.3) is 0 Å². The van der Waals surface area contributed by atoms with E-state index < -0.39 is 0 Å². The number of benzene rings is 1. The van der Waals surface area contributed by atoms with Gasteiger partial charge in [0, 0.05) is 47.5 Å². The number of H-pyrrole nitrogens is 3. The lowest BCUT2D eigenvalue weighted by atomic mass is 9.90. The van der Waals surface area contributed by atoms with Crippen LogP contribution in [0.15, 0.2) is 102 Å². The van der Waals surface area contributed by atoms with E-state index in [0.717, 1.165) is 22.5 Å². The molecule has 0 bridgehead atoms. The third-order valence-electron chi connectivity index (χ3n) is 5.08. The molecule has 1 aromatic carbocycles. The summed E-state index contributed by atoms with van der Waals surface area (Å²) in [7, 11) is 0. The summed E-state index contributed by atoms with van der Waals surface area (Å²) in [5.74, 6) is 0.144. The standard InChI is InChI=1S/C24H20N4/c1-5-19(25-13-1)23(20-6-2-14-26-20)17-9-11-18(12-10-17)24(21-7-3-15-27-21)22-8-4-16-28-22/h1-16,23,25-27H. The van der Waals surface area contributed by atoms with Crippen LogP contribution < -0.4 is 0 Å². The maximum absolute atomic E-state index is 4.52. The van der Waals surface area contributed by atoms with Gasteiger partial charge in [-0.3, -0.25) is 4.99 Å². The third kappa shape index (κ3) is 2.95. The molecule has 0 aliphatic carbocycles. The lowest BCUT2D eigenvalue weighted by molar-refractivity contribution is 0.897. The number of rotatable bonds is 5. The van der Waals surface area contributed by atoms with Crippen LogP contribution in [0.25, 0.3) is 5.57 Å². The zero-order valence-electron chi connectivity index (χ0n) is 15.3. The minimum atomic E-state index is 0.144. The van der Waals surface area contributed by atoms with Crippen molar-refractivity contribution in [1.29, 1.82) is 0 Å². The Morgan fingerprint density at radius 3 is 1.96 bits per heavy atom. The van der Waals surface area contributed by atoms with Crippen LogP contribution in [-0.2, 0) is 0 Å². The Kier molecular flexibility index (Phi) is 4.14. The van der Waals surface area contributed by atoms with E-state index in [2.05, 4.69) is 62.4 Å². The van der Waals surface area contributed by atoms with Gasteiger partial charge in [0.05, 0.1) is 11.6 Å². The lowest BCUT2D eigenvalue weighted by Gasteiger charge is -2.16. The van der Waals surface area contributed by atoms with E-state index in [9.17, 15) is 0 Å². The molecule has 4 aromatic rings. The van der Waals surface area contributed by atoms with Gasteiger partial charge in [-0.25, -0.2) is 0 Å². The number of allylic oxidation sites excluding steroid dienone is 2. The summed E-state index contributed by atoms with van der Waals surface area (Å²) in [4.78, 5) is 14.6. The second-order valence-electron chi connectivity index (χ2n) is 6.79. The van der Waals surface area contributed by atoms with Crippen LogP contribution >= 0.6 is 0 Å². The first-order valence-corrected chi connectivity index (χ1v) is 9.36. The van der Waals surface area contributed by atoms with E-state index in [-0.39, 0.29) is 5.92 Å². The number of aromatic amines is 3. The molecule has 3 N–H and O–H groups in total. The highest BCUT2D eigenvalue weighted by Gasteiger charge is 2.19. The fourth-order valence-electron chi connectivity index (χ4n) is 3.79. The summed E-state index contributed by atoms with van der Waals surface area (Å²) in [6.07, 6.45) is 11.7. The van der Waals surface area contributed by atoms with Gasteiger partial charge in [-0.05, 0) is 59.7 Å². The average molecular weight is 364 g/mol. The second-order valence-corrected chi connectivity index (χ2v) is 6.79. The summed E-state index contributed by atoms with van der Waals surface area (Å²) in [5.41, 5.74) is 7.86. The van der Waals surface area contributed by atoms with Crippen LogP contribution in [0.4, 0.5) is 0 Å². The monoisotopic (exact) mass is 364 g/mol. The molecule has 4 nitrogen and oxygen atoms in total. The topological polar surface area (TPSA) is 59.7 Å². The Morgan fingerprint density at radius 1 is 0.750 bits per heavy atom. The SMILES string of the molecule is C1=CC(=C(c2ccc(C(c3ccc[nH]3)c3ccc[nH]3)cc2)c2ccc[nH]2)N=C1. The van der Waals surface area contributed by atoms with Gasteiger partial charge in [0.1, 0.15) is 0 Å². The van der Waals surface area contributed by atoms with Crippen LogP contribution in [0, 0.1) is 0 Å². The Balaban J connectivity index is 1.57. The maximum Gasteiger partial charge on any atom is 0.0729 e. The first-order chi connectivity index (χ1) is 13.9. The predicted octanol–water partition coefficient (Wildman–Crippen LogP) is 5.25. The van der Waals surface area contributed by atoms with Crippen molar-refractivity contribution in [2.24, 2.45) is 4.99 Å². The highest BCUT2D eigenvalue weighted by molar-refractivity contribution is 5.88. The summed E-state index contributed by atoms with van der Waals surface area (Å²) in [5, 5.41) is 0. The number of nitrogens with one attached hydrogen (secondary N) is 3. The molecule has 4 heteroatoms. The normalized spacial score (nSPS) is 14.9. The van der Waals surface area contributed by atoms with E-state index in [1.54, 1.807) is 0 Å². The van der Waals surface area contributed by atoms with Gasteiger partial charge in [-0.1, -0.05) is 24.3 Å². The predicted molar refractivity (Wildman–Crippen MR) is 113 cm³/mol.